The molecule has 4 heterocycles. The Balaban J connectivity index is 1.20. The number of anilines is 3. The number of carbonyl (C=O) groups excluding carboxylic acids is 1. The number of aromatic nitrogens is 3. The highest BCUT2D eigenvalue weighted by atomic mass is 35.5. The molecule has 2 aromatic carbocycles. The molecule has 1 fully saturated rings. The third-order valence-electron chi connectivity index (χ3n) is 7.40. The van der Waals surface area contributed by atoms with Gasteiger partial charge >= 0.3 is 0 Å². The highest BCUT2D eigenvalue weighted by Crippen LogP contribution is 2.33. The molecule has 39 heavy (non-hydrogen) atoms. The molecule has 0 atom stereocenters. The van der Waals surface area contributed by atoms with Gasteiger partial charge in [-0.3, -0.25) is 4.79 Å². The Labute approximate surface area is 233 Å². The molecule has 0 aliphatic carbocycles. The number of aryl methyl sites for hydroxylation is 1. The van der Waals surface area contributed by atoms with Gasteiger partial charge in [-0.15, -0.1) is 0 Å². The van der Waals surface area contributed by atoms with Crippen LogP contribution in [0.25, 0.3) is 11.1 Å². The zero-order valence-corrected chi connectivity index (χ0v) is 22.6. The van der Waals surface area contributed by atoms with Crippen LogP contribution < -0.4 is 15.1 Å². The molecule has 9 heteroatoms. The molecule has 2 aliphatic heterocycles. The fourth-order valence-corrected chi connectivity index (χ4v) is 5.37. The Bertz CT molecular complexity index is 1490. The summed E-state index contributed by atoms with van der Waals surface area (Å²) in [4.78, 5) is 33.2. The lowest BCUT2D eigenvalue weighted by Gasteiger charge is -2.34. The van der Waals surface area contributed by atoms with Crippen molar-refractivity contribution in [2.45, 2.75) is 13.5 Å². The molecule has 6 rings (SSSR count). The van der Waals surface area contributed by atoms with Crippen LogP contribution in [-0.4, -0.2) is 65.0 Å². The molecule has 0 saturated carbocycles. The van der Waals surface area contributed by atoms with Gasteiger partial charge in [-0.1, -0.05) is 29.8 Å². The van der Waals surface area contributed by atoms with Gasteiger partial charge in [0, 0.05) is 80.6 Å². The van der Waals surface area contributed by atoms with Crippen molar-refractivity contribution < 1.29 is 4.79 Å². The Morgan fingerprint density at radius 1 is 0.923 bits per heavy atom. The Morgan fingerprint density at radius 2 is 1.74 bits per heavy atom. The van der Waals surface area contributed by atoms with E-state index in [0.717, 1.165) is 47.3 Å². The minimum atomic E-state index is 0.0381. The largest absolute Gasteiger partial charge is 0.367 e. The van der Waals surface area contributed by atoms with Crippen LogP contribution in [0.2, 0.25) is 5.02 Å². The first-order chi connectivity index (χ1) is 19.0. The van der Waals surface area contributed by atoms with Gasteiger partial charge in [0.05, 0.1) is 5.69 Å². The van der Waals surface area contributed by atoms with Crippen LogP contribution in [0, 0.1) is 6.92 Å². The van der Waals surface area contributed by atoms with Crippen molar-refractivity contribution in [3.8, 4) is 11.1 Å². The van der Waals surface area contributed by atoms with Crippen molar-refractivity contribution in [1.29, 1.82) is 0 Å². The molecule has 0 radical (unpaired) electrons. The minimum absolute atomic E-state index is 0.0381. The fourth-order valence-electron chi connectivity index (χ4n) is 5.18. The molecule has 8 nitrogen and oxygen atoms in total. The van der Waals surface area contributed by atoms with Gasteiger partial charge in [0.15, 0.2) is 0 Å². The Hall–Kier alpha value is -4.17. The van der Waals surface area contributed by atoms with Crippen LogP contribution in [0.1, 0.15) is 21.5 Å². The van der Waals surface area contributed by atoms with Crippen LogP contribution >= 0.6 is 11.6 Å². The fraction of sp³-hybridized carbons (Fsp3) is 0.267. The van der Waals surface area contributed by atoms with Crippen LogP contribution in [0.4, 0.5) is 17.5 Å². The van der Waals surface area contributed by atoms with Crippen molar-refractivity contribution >= 4 is 35.0 Å². The summed E-state index contributed by atoms with van der Waals surface area (Å²) in [6.45, 7) is 7.23. The number of hydrogen-bond acceptors (Lipinski definition) is 7. The second-order valence-corrected chi connectivity index (χ2v) is 10.4. The van der Waals surface area contributed by atoms with Crippen LogP contribution in [-0.2, 0) is 6.54 Å². The number of benzene rings is 2. The average Bonchev–Trinajstić information content (AvgIpc) is 2.99. The highest BCUT2D eigenvalue weighted by Gasteiger charge is 2.24. The summed E-state index contributed by atoms with van der Waals surface area (Å²) in [7, 11) is 0. The van der Waals surface area contributed by atoms with E-state index >= 15 is 0 Å². The van der Waals surface area contributed by atoms with Crippen LogP contribution in [0.3, 0.4) is 0 Å². The van der Waals surface area contributed by atoms with E-state index < -0.39 is 0 Å². The molecular weight excluding hydrogens is 510 g/mol. The number of nitrogens with zero attached hydrogens (tertiary/aromatic N) is 6. The number of rotatable bonds is 5. The standard InChI is InChI=1S/C30H30ClN7O/c1-21-6-7-26(31)17-25(21)20-38-11-10-32-28-27(38)18-24(19-35-28)22-4-2-5-23(16-22)29(39)36-12-14-37(15-13-36)30-33-8-3-9-34-30/h2-9,16-19H,10-15,20H2,1H3,(H,32,35). The molecule has 2 aliphatic rings. The zero-order chi connectivity index (χ0) is 26.8. The lowest BCUT2D eigenvalue weighted by atomic mass is 10.0. The average molecular weight is 540 g/mol. The summed E-state index contributed by atoms with van der Waals surface area (Å²) >= 11 is 6.29. The maximum Gasteiger partial charge on any atom is 0.253 e. The summed E-state index contributed by atoms with van der Waals surface area (Å²) in [6.07, 6.45) is 5.37. The van der Waals surface area contributed by atoms with E-state index in [-0.39, 0.29) is 5.91 Å². The number of fused-ring (bicyclic) bond motifs is 1. The Morgan fingerprint density at radius 3 is 2.56 bits per heavy atom. The molecule has 1 saturated heterocycles. The first kappa shape index (κ1) is 25.1. The maximum absolute atomic E-state index is 13.4. The van der Waals surface area contributed by atoms with E-state index in [1.165, 1.54) is 11.1 Å². The number of carbonyl (C=O) groups is 1. The van der Waals surface area contributed by atoms with E-state index in [2.05, 4.69) is 44.1 Å². The third kappa shape index (κ3) is 5.38. The molecule has 4 aromatic rings. The minimum Gasteiger partial charge on any atom is -0.367 e. The number of nitrogens with one attached hydrogen (secondary N) is 1. The first-order valence-corrected chi connectivity index (χ1v) is 13.6. The van der Waals surface area contributed by atoms with Gasteiger partial charge in [-0.2, -0.15) is 0 Å². The van der Waals surface area contributed by atoms with Gasteiger partial charge in [0.2, 0.25) is 5.95 Å². The molecule has 1 amide bonds. The van der Waals surface area contributed by atoms with Crippen molar-refractivity contribution in [2.24, 2.45) is 0 Å². The van der Waals surface area contributed by atoms with Gasteiger partial charge < -0.3 is 20.0 Å². The van der Waals surface area contributed by atoms with Gasteiger partial charge in [0.25, 0.3) is 5.91 Å². The maximum atomic E-state index is 13.4. The summed E-state index contributed by atoms with van der Waals surface area (Å²) in [6, 6.07) is 17.8. The van der Waals surface area contributed by atoms with Crippen molar-refractivity contribution in [2.75, 3.05) is 54.4 Å². The molecule has 0 bridgehead atoms. The van der Waals surface area contributed by atoms with Crippen molar-refractivity contribution in [3.63, 3.8) is 0 Å². The van der Waals surface area contributed by atoms with E-state index in [1.54, 1.807) is 12.4 Å². The predicted molar refractivity (Wildman–Crippen MR) is 156 cm³/mol. The van der Waals surface area contributed by atoms with Crippen LogP contribution in [0.15, 0.2) is 73.2 Å². The quantitative estimate of drug-likeness (QED) is 0.387. The SMILES string of the molecule is Cc1ccc(Cl)cc1CN1CCNc2ncc(-c3cccc(C(=O)N4CCN(c5ncccn5)CC4)c3)cc21. The summed E-state index contributed by atoms with van der Waals surface area (Å²) < 4.78 is 0. The van der Waals surface area contributed by atoms with E-state index in [9.17, 15) is 4.79 Å². The van der Waals surface area contributed by atoms with Gasteiger partial charge in [-0.05, 0) is 60.0 Å². The van der Waals surface area contributed by atoms with Gasteiger partial charge in [-0.25, -0.2) is 15.0 Å². The van der Waals surface area contributed by atoms with Crippen molar-refractivity contribution in [3.05, 3.63) is 94.9 Å². The summed E-state index contributed by atoms with van der Waals surface area (Å²) in [5, 5.41) is 4.16. The topological polar surface area (TPSA) is 77.5 Å². The molecule has 2 aromatic heterocycles. The van der Waals surface area contributed by atoms with Gasteiger partial charge in [0.1, 0.15) is 5.82 Å². The number of halogens is 1. The Kier molecular flexibility index (Phi) is 7.02. The molecule has 1 N–H and O–H groups in total. The third-order valence-corrected chi connectivity index (χ3v) is 7.63. The lowest BCUT2D eigenvalue weighted by Crippen LogP contribution is -2.49. The second-order valence-electron chi connectivity index (χ2n) is 9.92. The van der Waals surface area contributed by atoms with E-state index in [4.69, 9.17) is 16.6 Å². The van der Waals surface area contributed by atoms with E-state index in [1.807, 2.05) is 53.6 Å². The van der Waals surface area contributed by atoms with Crippen LogP contribution in [0.5, 0.6) is 0 Å². The summed E-state index contributed by atoms with van der Waals surface area (Å²) in [5.74, 6) is 1.62. The lowest BCUT2D eigenvalue weighted by molar-refractivity contribution is 0.0746. The second kappa shape index (κ2) is 10.9. The molecule has 0 unspecified atom stereocenters. The first-order valence-electron chi connectivity index (χ1n) is 13.2. The smallest absolute Gasteiger partial charge is 0.253 e. The summed E-state index contributed by atoms with van der Waals surface area (Å²) in [5.41, 5.74) is 6.09. The monoisotopic (exact) mass is 539 g/mol. The number of pyridine rings is 1. The number of piperazine rings is 1. The normalized spacial score (nSPS) is 15.1. The zero-order valence-electron chi connectivity index (χ0n) is 21.8. The van der Waals surface area contributed by atoms with E-state index in [0.29, 0.717) is 37.7 Å². The highest BCUT2D eigenvalue weighted by molar-refractivity contribution is 6.30. The molecule has 198 valence electrons. The van der Waals surface area contributed by atoms with Crippen molar-refractivity contribution in [1.82, 2.24) is 19.9 Å². The number of amides is 1. The molecule has 0 spiro atoms. The molecular formula is C30H30ClN7O. The number of hydrogen-bond donors (Lipinski definition) is 1. The predicted octanol–water partition coefficient (Wildman–Crippen LogP) is 4.89.